The summed E-state index contributed by atoms with van der Waals surface area (Å²) in [6.45, 7) is 2.02. The fourth-order valence-corrected chi connectivity index (χ4v) is 2.65. The number of hydrogen-bond donors (Lipinski definition) is 1. The number of carbonyl (C=O) groups is 1. The first-order chi connectivity index (χ1) is 10.1. The van der Waals surface area contributed by atoms with E-state index in [1.807, 2.05) is 31.2 Å². The van der Waals surface area contributed by atoms with Crippen molar-refractivity contribution in [1.29, 1.82) is 0 Å². The maximum Gasteiger partial charge on any atom is 0.317 e. The average Bonchev–Trinajstić information content (AvgIpc) is 2.51. The molecule has 3 rings (SSSR count). The van der Waals surface area contributed by atoms with Crippen LogP contribution in [0.3, 0.4) is 0 Å². The molecule has 1 aromatic carbocycles. The summed E-state index contributed by atoms with van der Waals surface area (Å²) in [4.78, 5) is 18.0. The Morgan fingerprint density at radius 3 is 2.90 bits per heavy atom. The van der Waals surface area contributed by atoms with Crippen molar-refractivity contribution in [3.63, 3.8) is 0 Å². The number of rotatable bonds is 1. The Labute approximate surface area is 123 Å². The van der Waals surface area contributed by atoms with Crippen molar-refractivity contribution in [1.82, 2.24) is 15.2 Å². The number of aryl methyl sites for hydroxylation is 1. The molecule has 0 saturated carbocycles. The van der Waals surface area contributed by atoms with E-state index in [1.165, 1.54) is 0 Å². The Morgan fingerprint density at radius 2 is 2.14 bits per heavy atom. The lowest BCUT2D eigenvalue weighted by Crippen LogP contribution is -2.39. The summed E-state index contributed by atoms with van der Waals surface area (Å²) < 4.78 is 5.86. The molecule has 0 radical (unpaired) electrons. The molecule has 0 bridgehead atoms. The number of aromatic nitrogens is 1. The number of urea groups is 1. The van der Waals surface area contributed by atoms with Gasteiger partial charge in [0.25, 0.3) is 0 Å². The first-order valence-corrected chi connectivity index (χ1v) is 6.79. The van der Waals surface area contributed by atoms with E-state index < -0.39 is 0 Å². The van der Waals surface area contributed by atoms with Crippen LogP contribution in [0.2, 0.25) is 0 Å². The molecular formula is C16H17N3O2. The smallest absolute Gasteiger partial charge is 0.317 e. The minimum absolute atomic E-state index is 0.149. The maximum absolute atomic E-state index is 12.1. The van der Waals surface area contributed by atoms with Crippen LogP contribution >= 0.6 is 0 Å². The molecule has 2 aromatic rings. The number of nitrogens with zero attached hydrogens (tertiary/aromatic N) is 2. The van der Waals surface area contributed by atoms with E-state index in [9.17, 15) is 4.79 Å². The highest BCUT2D eigenvalue weighted by molar-refractivity contribution is 5.75. The van der Waals surface area contributed by atoms with Crippen LogP contribution in [0.4, 0.5) is 4.79 Å². The van der Waals surface area contributed by atoms with Crippen molar-refractivity contribution in [3.8, 4) is 11.6 Å². The van der Waals surface area contributed by atoms with Crippen molar-refractivity contribution in [2.24, 2.45) is 0 Å². The molecule has 1 N–H and O–H groups in total. The van der Waals surface area contributed by atoms with Gasteiger partial charge in [-0.15, -0.1) is 0 Å². The molecule has 2 amide bonds. The van der Waals surface area contributed by atoms with Crippen LogP contribution in [0.1, 0.15) is 22.7 Å². The number of amides is 2. The van der Waals surface area contributed by atoms with Gasteiger partial charge >= 0.3 is 6.03 Å². The van der Waals surface area contributed by atoms with Crippen LogP contribution in [0.25, 0.3) is 0 Å². The third-order valence-electron chi connectivity index (χ3n) is 3.68. The number of carbonyl (C=O) groups excluding carboxylic acids is 1. The highest BCUT2D eigenvalue weighted by Gasteiger charge is 2.33. The minimum Gasteiger partial charge on any atom is -0.438 e. The Kier molecular flexibility index (Phi) is 3.25. The third-order valence-corrected chi connectivity index (χ3v) is 3.68. The third kappa shape index (κ3) is 2.20. The molecule has 1 atom stereocenters. The van der Waals surface area contributed by atoms with Crippen molar-refractivity contribution in [2.45, 2.75) is 13.0 Å². The van der Waals surface area contributed by atoms with Crippen molar-refractivity contribution < 1.29 is 9.53 Å². The summed E-state index contributed by atoms with van der Waals surface area (Å²) in [6, 6.07) is 9.40. The molecule has 1 aromatic heterocycles. The van der Waals surface area contributed by atoms with E-state index >= 15 is 0 Å². The van der Waals surface area contributed by atoms with Gasteiger partial charge in [0.05, 0.1) is 6.04 Å². The predicted molar refractivity (Wildman–Crippen MR) is 79.6 cm³/mol. The molecule has 0 fully saturated rings. The molecule has 5 heteroatoms. The van der Waals surface area contributed by atoms with Gasteiger partial charge in [0.1, 0.15) is 5.75 Å². The average molecular weight is 283 g/mol. The maximum atomic E-state index is 12.1. The normalized spacial score (nSPS) is 15.5. The van der Waals surface area contributed by atoms with Gasteiger partial charge < -0.3 is 15.0 Å². The standard InChI is InChI=1S/C16H17N3O2/c1-10-6-7-13-12(9-10)14(19(3)16(20)17-2)11-5-4-8-18-15(11)21-13/h4-9,14H,1-3H3,(H,17,20). The van der Waals surface area contributed by atoms with Gasteiger partial charge in [-0.25, -0.2) is 9.78 Å². The van der Waals surface area contributed by atoms with Gasteiger partial charge in [0.15, 0.2) is 0 Å². The van der Waals surface area contributed by atoms with E-state index in [1.54, 1.807) is 25.2 Å². The zero-order valence-electron chi connectivity index (χ0n) is 12.3. The number of benzene rings is 1. The Hall–Kier alpha value is -2.56. The summed E-state index contributed by atoms with van der Waals surface area (Å²) in [7, 11) is 3.40. The molecule has 0 saturated heterocycles. The first-order valence-electron chi connectivity index (χ1n) is 6.79. The van der Waals surface area contributed by atoms with E-state index in [2.05, 4.69) is 16.4 Å². The molecule has 1 unspecified atom stereocenters. The number of pyridine rings is 1. The Bertz CT molecular complexity index is 700. The van der Waals surface area contributed by atoms with Crippen LogP contribution in [-0.4, -0.2) is 30.0 Å². The van der Waals surface area contributed by atoms with Crippen molar-refractivity contribution in [2.75, 3.05) is 14.1 Å². The lowest BCUT2D eigenvalue weighted by atomic mass is 9.94. The quantitative estimate of drug-likeness (QED) is 0.875. The largest absolute Gasteiger partial charge is 0.438 e. The summed E-state index contributed by atoms with van der Waals surface area (Å²) in [6.07, 6.45) is 1.69. The summed E-state index contributed by atoms with van der Waals surface area (Å²) >= 11 is 0. The van der Waals surface area contributed by atoms with Gasteiger partial charge in [0.2, 0.25) is 5.88 Å². The summed E-state index contributed by atoms with van der Waals surface area (Å²) in [5.74, 6) is 1.29. The summed E-state index contributed by atoms with van der Waals surface area (Å²) in [5.41, 5.74) is 2.99. The zero-order valence-corrected chi connectivity index (χ0v) is 12.3. The SMILES string of the molecule is CNC(=O)N(C)C1c2cc(C)ccc2Oc2ncccc21. The Balaban J connectivity index is 2.17. The molecule has 0 aliphatic carbocycles. The van der Waals surface area contributed by atoms with E-state index in [0.29, 0.717) is 5.88 Å². The highest BCUT2D eigenvalue weighted by atomic mass is 16.5. The second-order valence-electron chi connectivity index (χ2n) is 5.11. The molecule has 108 valence electrons. The van der Waals surface area contributed by atoms with Gasteiger partial charge in [-0.1, -0.05) is 11.6 Å². The van der Waals surface area contributed by atoms with Gasteiger partial charge in [-0.2, -0.15) is 0 Å². The molecule has 5 nitrogen and oxygen atoms in total. The predicted octanol–water partition coefficient (Wildman–Crippen LogP) is 2.86. The summed E-state index contributed by atoms with van der Waals surface area (Å²) in [5, 5.41) is 2.66. The van der Waals surface area contributed by atoms with Crippen LogP contribution in [0, 0.1) is 6.92 Å². The van der Waals surface area contributed by atoms with Gasteiger partial charge in [-0.3, -0.25) is 0 Å². The lowest BCUT2D eigenvalue weighted by Gasteiger charge is -2.33. The van der Waals surface area contributed by atoms with Crippen molar-refractivity contribution >= 4 is 6.03 Å². The fraction of sp³-hybridized carbons (Fsp3) is 0.250. The first kappa shape index (κ1) is 13.4. The van der Waals surface area contributed by atoms with E-state index in [-0.39, 0.29) is 12.1 Å². The molecule has 1 aliphatic rings. The number of ether oxygens (including phenoxy) is 1. The van der Waals surface area contributed by atoms with Gasteiger partial charge in [0, 0.05) is 31.4 Å². The molecule has 1 aliphatic heterocycles. The zero-order chi connectivity index (χ0) is 15.0. The number of fused-ring (bicyclic) bond motifs is 2. The lowest BCUT2D eigenvalue weighted by molar-refractivity contribution is 0.197. The highest BCUT2D eigenvalue weighted by Crippen LogP contribution is 2.44. The van der Waals surface area contributed by atoms with E-state index in [0.717, 1.165) is 22.4 Å². The Morgan fingerprint density at radius 1 is 1.33 bits per heavy atom. The molecule has 21 heavy (non-hydrogen) atoms. The second kappa shape index (κ2) is 5.09. The number of nitrogens with one attached hydrogen (secondary N) is 1. The van der Waals surface area contributed by atoms with Crippen LogP contribution < -0.4 is 10.1 Å². The van der Waals surface area contributed by atoms with Gasteiger partial charge in [-0.05, 0) is 31.2 Å². The minimum atomic E-state index is -0.211. The van der Waals surface area contributed by atoms with Crippen LogP contribution in [0.15, 0.2) is 36.5 Å². The van der Waals surface area contributed by atoms with Crippen LogP contribution in [-0.2, 0) is 0 Å². The monoisotopic (exact) mass is 283 g/mol. The molecule has 2 heterocycles. The number of hydrogen-bond acceptors (Lipinski definition) is 3. The second-order valence-corrected chi connectivity index (χ2v) is 5.11. The molecule has 0 spiro atoms. The van der Waals surface area contributed by atoms with Crippen LogP contribution in [0.5, 0.6) is 11.6 Å². The topological polar surface area (TPSA) is 54.5 Å². The molecular weight excluding hydrogens is 266 g/mol. The van der Waals surface area contributed by atoms with Crippen molar-refractivity contribution in [3.05, 3.63) is 53.2 Å². The fourth-order valence-electron chi connectivity index (χ4n) is 2.65. The van der Waals surface area contributed by atoms with E-state index in [4.69, 9.17) is 4.74 Å².